The highest BCUT2D eigenvalue weighted by atomic mass is 32.1. The summed E-state index contributed by atoms with van der Waals surface area (Å²) in [6, 6.07) is 66.8. The van der Waals surface area contributed by atoms with Gasteiger partial charge in [0.2, 0.25) is 0 Å². The van der Waals surface area contributed by atoms with Gasteiger partial charge in [-0.15, -0.1) is 11.3 Å². The van der Waals surface area contributed by atoms with Crippen LogP contribution in [-0.2, 0) is 0 Å². The van der Waals surface area contributed by atoms with Crippen molar-refractivity contribution in [1.82, 2.24) is 0 Å². The third-order valence-electron chi connectivity index (χ3n) is 11.4. The number of hydrogen-bond acceptors (Lipinski definition) is 2. The first kappa shape index (κ1) is 29.8. The maximum Gasteiger partial charge on any atom is 0.153 e. The maximum atomic E-state index is 6.41. The van der Waals surface area contributed by atoms with Crippen LogP contribution in [-0.4, -0.2) is 0 Å². The smallest absolute Gasteiger partial charge is 0.153 e. The van der Waals surface area contributed by atoms with Gasteiger partial charge in [0.1, 0.15) is 5.58 Å². The fourth-order valence-electron chi connectivity index (χ4n) is 8.87. The molecule has 250 valence electrons. The lowest BCUT2D eigenvalue weighted by Crippen LogP contribution is -1.90. The van der Waals surface area contributed by atoms with Crippen molar-refractivity contribution in [2.45, 2.75) is 0 Å². The van der Waals surface area contributed by atoms with Crippen LogP contribution in [0, 0.1) is 0 Å². The first-order valence-electron chi connectivity index (χ1n) is 18.5. The highest BCUT2D eigenvalue weighted by Crippen LogP contribution is 2.45. The van der Waals surface area contributed by atoms with Crippen molar-refractivity contribution in [2.24, 2.45) is 0 Å². The number of furan rings is 1. The Kier molecular flexibility index (Phi) is 6.28. The number of para-hydroxylation sites is 1. The third kappa shape index (κ3) is 4.38. The van der Waals surface area contributed by atoms with E-state index in [1.807, 2.05) is 17.4 Å². The van der Waals surface area contributed by atoms with Crippen LogP contribution in [0.1, 0.15) is 0 Å². The Bertz CT molecular complexity index is 3440. The molecule has 12 rings (SSSR count). The Morgan fingerprint density at radius 1 is 0.315 bits per heavy atom. The SMILES string of the molecule is c1ccc(-c2c3ccccc3c(-c3ccc4cc(-c5ccc6cc7sc8c(ccc9c%10ccccc%10oc98)c7cc6c5)ccc4c3)c3ccccc23)cc1. The Hall–Kier alpha value is -6.74. The van der Waals surface area contributed by atoms with Crippen LogP contribution in [0.2, 0.25) is 0 Å². The molecule has 2 heteroatoms. The summed E-state index contributed by atoms with van der Waals surface area (Å²) in [4.78, 5) is 0. The van der Waals surface area contributed by atoms with Crippen molar-refractivity contribution < 1.29 is 4.42 Å². The van der Waals surface area contributed by atoms with Crippen LogP contribution in [0.25, 0.3) is 119 Å². The van der Waals surface area contributed by atoms with E-state index in [9.17, 15) is 0 Å². The van der Waals surface area contributed by atoms with E-state index in [-0.39, 0.29) is 0 Å². The lowest BCUT2D eigenvalue weighted by molar-refractivity contribution is 0.673. The van der Waals surface area contributed by atoms with Crippen molar-refractivity contribution in [3.63, 3.8) is 0 Å². The van der Waals surface area contributed by atoms with Crippen LogP contribution in [0.4, 0.5) is 0 Å². The van der Waals surface area contributed by atoms with Gasteiger partial charge in [-0.2, -0.15) is 0 Å². The van der Waals surface area contributed by atoms with E-state index in [0.717, 1.165) is 11.2 Å². The summed E-state index contributed by atoms with van der Waals surface area (Å²) in [5, 5.41) is 15.0. The summed E-state index contributed by atoms with van der Waals surface area (Å²) in [5.41, 5.74) is 9.44. The second-order valence-electron chi connectivity index (χ2n) is 14.4. The molecule has 2 heterocycles. The summed E-state index contributed by atoms with van der Waals surface area (Å²) >= 11 is 1.83. The largest absolute Gasteiger partial charge is 0.455 e. The Morgan fingerprint density at radius 2 is 0.833 bits per heavy atom. The van der Waals surface area contributed by atoms with Gasteiger partial charge in [0.15, 0.2) is 5.58 Å². The van der Waals surface area contributed by atoms with Crippen LogP contribution < -0.4 is 0 Å². The summed E-state index contributed by atoms with van der Waals surface area (Å²) < 4.78 is 8.91. The van der Waals surface area contributed by atoms with Crippen LogP contribution in [0.3, 0.4) is 0 Å². The molecule has 10 aromatic carbocycles. The number of rotatable bonds is 3. The molecule has 54 heavy (non-hydrogen) atoms. The van der Waals surface area contributed by atoms with E-state index in [0.29, 0.717) is 0 Å². The number of fused-ring (bicyclic) bond motifs is 11. The third-order valence-corrected chi connectivity index (χ3v) is 12.6. The Morgan fingerprint density at radius 3 is 1.52 bits per heavy atom. The molecular weight excluding hydrogens is 673 g/mol. The van der Waals surface area contributed by atoms with Gasteiger partial charge >= 0.3 is 0 Å². The number of thiophene rings is 1. The lowest BCUT2D eigenvalue weighted by atomic mass is 9.85. The second kappa shape index (κ2) is 11.4. The van der Waals surface area contributed by atoms with E-state index < -0.39 is 0 Å². The second-order valence-corrected chi connectivity index (χ2v) is 15.5. The lowest BCUT2D eigenvalue weighted by Gasteiger charge is -2.18. The van der Waals surface area contributed by atoms with Crippen molar-refractivity contribution in [3.05, 3.63) is 182 Å². The topological polar surface area (TPSA) is 13.1 Å². The molecule has 0 spiro atoms. The van der Waals surface area contributed by atoms with Gasteiger partial charge in [-0.25, -0.2) is 0 Å². The molecule has 0 aliphatic carbocycles. The molecule has 0 aliphatic rings. The molecule has 0 radical (unpaired) electrons. The minimum absolute atomic E-state index is 0.943. The molecule has 0 unspecified atom stereocenters. The summed E-state index contributed by atoms with van der Waals surface area (Å²) in [5.74, 6) is 0. The van der Waals surface area contributed by atoms with Crippen LogP contribution in [0.15, 0.2) is 186 Å². The molecule has 0 saturated heterocycles. The summed E-state index contributed by atoms with van der Waals surface area (Å²) in [6.45, 7) is 0. The van der Waals surface area contributed by atoms with Gasteiger partial charge in [-0.05, 0) is 119 Å². The van der Waals surface area contributed by atoms with Crippen LogP contribution >= 0.6 is 11.3 Å². The van der Waals surface area contributed by atoms with Gasteiger partial charge in [0, 0.05) is 26.2 Å². The van der Waals surface area contributed by atoms with Crippen molar-refractivity contribution in [2.75, 3.05) is 0 Å². The highest BCUT2D eigenvalue weighted by Gasteiger charge is 2.18. The van der Waals surface area contributed by atoms with E-state index in [4.69, 9.17) is 4.42 Å². The highest BCUT2D eigenvalue weighted by molar-refractivity contribution is 7.26. The number of hydrogen-bond donors (Lipinski definition) is 0. The fourth-order valence-corrected chi connectivity index (χ4v) is 10.1. The molecule has 12 aromatic rings. The molecule has 2 aromatic heterocycles. The fraction of sp³-hybridized carbons (Fsp3) is 0. The predicted octanol–water partition coefficient (Wildman–Crippen LogP) is 15.6. The van der Waals surface area contributed by atoms with Crippen LogP contribution in [0.5, 0.6) is 0 Å². The molecule has 1 nitrogen and oxygen atoms in total. The zero-order chi connectivity index (χ0) is 35.3. The average Bonchev–Trinajstić information content (AvgIpc) is 3.80. The van der Waals surface area contributed by atoms with Gasteiger partial charge in [0.05, 0.1) is 4.70 Å². The van der Waals surface area contributed by atoms with E-state index in [1.165, 1.54) is 107 Å². The zero-order valence-electron chi connectivity index (χ0n) is 29.1. The van der Waals surface area contributed by atoms with Gasteiger partial charge in [0.25, 0.3) is 0 Å². The van der Waals surface area contributed by atoms with Gasteiger partial charge in [-0.1, -0.05) is 140 Å². The van der Waals surface area contributed by atoms with Gasteiger partial charge in [-0.3, -0.25) is 0 Å². The van der Waals surface area contributed by atoms with E-state index >= 15 is 0 Å². The Labute approximate surface area is 314 Å². The predicted molar refractivity (Wildman–Crippen MR) is 233 cm³/mol. The molecule has 0 aliphatic heterocycles. The normalized spacial score (nSPS) is 12.1. The standard InChI is InChI=1S/C52H30OS/c1-2-10-31(11-3-1)49-40-13-4-6-15-42(40)50(43-16-7-5-14-41(43)49)37-23-22-33-26-32(18-19-34(33)27-37)35-20-21-36-30-48-46(29-38(36)28-35)45-25-24-44-39-12-8-9-17-47(39)53-51(44)52(45)54-48/h1-30H. The quantitative estimate of drug-likeness (QED) is 0.167. The maximum absolute atomic E-state index is 6.41. The van der Waals surface area contributed by atoms with E-state index in [1.54, 1.807) is 0 Å². The molecule has 0 saturated carbocycles. The zero-order valence-corrected chi connectivity index (χ0v) is 30.0. The first-order valence-corrected chi connectivity index (χ1v) is 19.3. The molecule has 0 amide bonds. The van der Waals surface area contributed by atoms with Crippen molar-refractivity contribution in [1.29, 1.82) is 0 Å². The van der Waals surface area contributed by atoms with Gasteiger partial charge < -0.3 is 4.42 Å². The van der Waals surface area contributed by atoms with E-state index in [2.05, 4.69) is 176 Å². The molecule has 0 atom stereocenters. The minimum Gasteiger partial charge on any atom is -0.455 e. The van der Waals surface area contributed by atoms with Crippen molar-refractivity contribution in [3.8, 4) is 33.4 Å². The summed E-state index contributed by atoms with van der Waals surface area (Å²) in [7, 11) is 0. The monoisotopic (exact) mass is 702 g/mol. The molecular formula is C52H30OS. The molecule has 0 bridgehead atoms. The minimum atomic E-state index is 0.943. The molecule has 0 fully saturated rings. The summed E-state index contributed by atoms with van der Waals surface area (Å²) in [6.07, 6.45) is 0. The number of benzene rings is 10. The Balaban J connectivity index is 0.969. The average molecular weight is 703 g/mol. The first-order chi connectivity index (χ1) is 26.7. The molecule has 0 N–H and O–H groups in total. The van der Waals surface area contributed by atoms with Crippen molar-refractivity contribution >= 4 is 96.5 Å².